The Balaban J connectivity index is 0.927. The summed E-state index contributed by atoms with van der Waals surface area (Å²) in [6, 6.07) is 6.91. The lowest BCUT2D eigenvalue weighted by Crippen LogP contribution is -2.47. The first kappa shape index (κ1) is 27.3. The minimum absolute atomic E-state index is 0.0494. The van der Waals surface area contributed by atoms with Crippen molar-refractivity contribution in [3.05, 3.63) is 53.8 Å². The van der Waals surface area contributed by atoms with Crippen LogP contribution in [0, 0.1) is 11.7 Å². The minimum Gasteiger partial charge on any atom is -0.454 e. The van der Waals surface area contributed by atoms with E-state index < -0.39 is 5.92 Å². The van der Waals surface area contributed by atoms with Gasteiger partial charge in [-0.1, -0.05) is 18.6 Å². The summed E-state index contributed by atoms with van der Waals surface area (Å²) in [6.07, 6.45) is 7.12. The molecule has 4 aliphatic rings. The fourth-order valence-corrected chi connectivity index (χ4v) is 5.50. The van der Waals surface area contributed by atoms with Crippen LogP contribution < -0.4 is 10.2 Å². The first-order valence-corrected chi connectivity index (χ1v) is 14.0. The number of fused-ring (bicyclic) bond motifs is 2. The highest BCUT2D eigenvalue weighted by Gasteiger charge is 2.38. The van der Waals surface area contributed by atoms with Crippen LogP contribution in [0.3, 0.4) is 0 Å². The van der Waals surface area contributed by atoms with Gasteiger partial charge in [0.15, 0.2) is 11.5 Å². The van der Waals surface area contributed by atoms with Gasteiger partial charge < -0.3 is 19.7 Å². The van der Waals surface area contributed by atoms with Crippen molar-refractivity contribution in [3.63, 3.8) is 0 Å². The fraction of sp³-hybridized carbons (Fsp3) is 0.500. The molecule has 39 heavy (non-hydrogen) atoms. The van der Waals surface area contributed by atoms with Gasteiger partial charge in [-0.2, -0.15) is 0 Å². The van der Waals surface area contributed by atoms with Crippen molar-refractivity contribution >= 4 is 40.5 Å². The molecule has 2 amide bonds. The highest BCUT2D eigenvalue weighted by molar-refractivity contribution is 7.80. The zero-order valence-corrected chi connectivity index (χ0v) is 22.8. The Labute approximate surface area is 233 Å². The number of anilines is 1. The second kappa shape index (κ2) is 12.7. The van der Waals surface area contributed by atoms with Crippen LogP contribution in [0.15, 0.2) is 52.9 Å². The van der Waals surface area contributed by atoms with Crippen LogP contribution in [0.25, 0.3) is 0 Å². The van der Waals surface area contributed by atoms with E-state index in [1.54, 1.807) is 23.1 Å². The maximum atomic E-state index is 14.0. The van der Waals surface area contributed by atoms with Crippen LogP contribution in [-0.4, -0.2) is 85.0 Å². The number of para-hydroxylation sites is 1. The van der Waals surface area contributed by atoms with Gasteiger partial charge in [0.2, 0.25) is 23.7 Å². The smallest absolute Gasteiger partial charge is 0.241 e. The Bertz CT molecular complexity index is 1190. The molecule has 1 unspecified atom stereocenters. The molecule has 11 heteroatoms. The molecule has 3 aliphatic heterocycles. The summed E-state index contributed by atoms with van der Waals surface area (Å²) < 4.78 is 24.8. The predicted molar refractivity (Wildman–Crippen MR) is 150 cm³/mol. The molecule has 0 radical (unpaired) electrons. The molecule has 9 nitrogen and oxygen atoms in total. The van der Waals surface area contributed by atoms with E-state index in [2.05, 4.69) is 20.1 Å². The van der Waals surface area contributed by atoms with Crippen LogP contribution in [0.5, 0.6) is 0 Å². The number of carbonyl (C=O) groups is 2. The van der Waals surface area contributed by atoms with Gasteiger partial charge in [-0.3, -0.25) is 19.4 Å². The van der Waals surface area contributed by atoms with E-state index in [1.165, 1.54) is 6.07 Å². The number of hydrogen-bond donors (Lipinski definition) is 1. The third kappa shape index (κ3) is 6.65. The van der Waals surface area contributed by atoms with Crippen LogP contribution in [0.2, 0.25) is 0 Å². The maximum Gasteiger partial charge on any atom is 0.241 e. The van der Waals surface area contributed by atoms with Gasteiger partial charge in [0, 0.05) is 51.8 Å². The molecule has 0 bridgehead atoms. The number of ether oxygens (including phenoxy) is 2. The van der Waals surface area contributed by atoms with Crippen LogP contribution in [0.4, 0.5) is 10.1 Å². The number of nitrogens with zero attached hydrogens (tertiary/aromatic N) is 4. The lowest BCUT2D eigenvalue weighted by atomic mass is 9.93. The van der Waals surface area contributed by atoms with Gasteiger partial charge in [-0.05, 0) is 56.2 Å². The van der Waals surface area contributed by atoms with Crippen LogP contribution in [0.1, 0.15) is 32.1 Å². The number of aliphatic imine (C=N–C) groups is 1. The number of piperazine rings is 1. The number of halogens is 1. The van der Waals surface area contributed by atoms with Crippen molar-refractivity contribution in [2.24, 2.45) is 10.9 Å². The Hall–Kier alpha value is -3.31. The van der Waals surface area contributed by atoms with E-state index in [-0.39, 0.29) is 29.5 Å². The van der Waals surface area contributed by atoms with E-state index in [0.717, 1.165) is 58.4 Å². The minimum atomic E-state index is -0.501. The molecule has 3 heterocycles. The number of nitrogens with one attached hydrogen (secondary N) is 1. The SMILES string of the molecule is O=C(CCCCCN1C(=O)C2C=C3OCOC3=CC2=NC1=S)NCCCN1CCN(c2ccccc2F)CC1. The highest BCUT2D eigenvalue weighted by Crippen LogP contribution is 2.31. The molecule has 0 saturated carbocycles. The maximum absolute atomic E-state index is 14.0. The Morgan fingerprint density at radius 1 is 1.05 bits per heavy atom. The first-order chi connectivity index (χ1) is 19.0. The molecule has 2 saturated heterocycles. The van der Waals surface area contributed by atoms with E-state index >= 15 is 0 Å². The molecular formula is C28H34FN5O4S. The van der Waals surface area contributed by atoms with Gasteiger partial charge in [0.1, 0.15) is 11.7 Å². The van der Waals surface area contributed by atoms with E-state index in [4.69, 9.17) is 21.7 Å². The summed E-state index contributed by atoms with van der Waals surface area (Å²) in [5.41, 5.74) is 1.26. The van der Waals surface area contributed by atoms with Crippen LogP contribution in [-0.2, 0) is 19.1 Å². The van der Waals surface area contributed by atoms with Crippen molar-refractivity contribution in [3.8, 4) is 0 Å². The van der Waals surface area contributed by atoms with Gasteiger partial charge in [0.05, 0.1) is 11.4 Å². The highest BCUT2D eigenvalue weighted by atomic mass is 32.1. The molecule has 1 N–H and O–H groups in total. The largest absolute Gasteiger partial charge is 0.454 e. The van der Waals surface area contributed by atoms with Crippen molar-refractivity contribution in [1.29, 1.82) is 0 Å². The quantitative estimate of drug-likeness (QED) is 0.332. The Kier molecular flexibility index (Phi) is 8.88. The van der Waals surface area contributed by atoms with Gasteiger partial charge in [-0.25, -0.2) is 9.38 Å². The van der Waals surface area contributed by atoms with E-state index in [0.29, 0.717) is 42.4 Å². The number of carbonyl (C=O) groups excluding carboxylic acids is 2. The number of rotatable bonds is 11. The summed E-state index contributed by atoms with van der Waals surface area (Å²) in [6.45, 7) is 5.55. The number of thiocarbonyl (C=S) groups is 1. The number of hydrogen-bond acceptors (Lipinski definition) is 7. The van der Waals surface area contributed by atoms with Crippen molar-refractivity contribution in [2.75, 3.05) is 57.5 Å². The van der Waals surface area contributed by atoms with Crippen LogP contribution >= 0.6 is 12.2 Å². The topological polar surface area (TPSA) is 86.7 Å². The van der Waals surface area contributed by atoms with Gasteiger partial charge in [0.25, 0.3) is 0 Å². The molecule has 5 rings (SSSR count). The third-order valence-corrected chi connectivity index (χ3v) is 7.71. The zero-order chi connectivity index (χ0) is 27.2. The Morgan fingerprint density at radius 3 is 2.67 bits per heavy atom. The molecule has 1 aliphatic carbocycles. The average Bonchev–Trinajstić information content (AvgIpc) is 3.40. The lowest BCUT2D eigenvalue weighted by Gasteiger charge is -2.36. The Morgan fingerprint density at radius 2 is 1.85 bits per heavy atom. The monoisotopic (exact) mass is 555 g/mol. The number of unbranched alkanes of at least 4 members (excludes halogenated alkanes) is 2. The summed E-state index contributed by atoms with van der Waals surface area (Å²) in [4.78, 5) is 35.7. The molecule has 1 aromatic rings. The van der Waals surface area contributed by atoms with Crippen molar-refractivity contribution < 1.29 is 23.5 Å². The molecule has 0 spiro atoms. The van der Waals surface area contributed by atoms with Gasteiger partial charge in [-0.15, -0.1) is 0 Å². The molecule has 1 atom stereocenters. The van der Waals surface area contributed by atoms with E-state index in [1.807, 2.05) is 12.1 Å². The predicted octanol–water partition coefficient (Wildman–Crippen LogP) is 2.98. The van der Waals surface area contributed by atoms with Crippen molar-refractivity contribution in [1.82, 2.24) is 15.1 Å². The third-order valence-electron chi connectivity index (χ3n) is 7.40. The molecule has 1 aromatic carbocycles. The van der Waals surface area contributed by atoms with Crippen molar-refractivity contribution in [2.45, 2.75) is 32.1 Å². The van der Waals surface area contributed by atoms with Gasteiger partial charge >= 0.3 is 0 Å². The number of amides is 2. The normalized spacial score (nSPS) is 20.8. The second-order valence-corrected chi connectivity index (χ2v) is 10.4. The lowest BCUT2D eigenvalue weighted by molar-refractivity contribution is -0.128. The van der Waals surface area contributed by atoms with E-state index in [9.17, 15) is 14.0 Å². The zero-order valence-electron chi connectivity index (χ0n) is 21.9. The fourth-order valence-electron chi connectivity index (χ4n) is 5.21. The summed E-state index contributed by atoms with van der Waals surface area (Å²) in [5, 5.41) is 3.27. The molecular weight excluding hydrogens is 521 g/mol. The summed E-state index contributed by atoms with van der Waals surface area (Å²) >= 11 is 5.36. The number of allylic oxidation sites excluding steroid dienone is 1. The second-order valence-electron chi connectivity index (χ2n) is 10.0. The molecule has 208 valence electrons. The molecule has 2 fully saturated rings. The number of benzene rings is 1. The standard InChI is InChI=1S/C28H34FN5O4S/c29-21-7-3-4-8-23(21)33-15-13-32(14-16-33)11-6-10-30-26(35)9-2-1-5-12-34-27(36)20-17-24-25(38-19-37-24)18-22(20)31-28(34)39/h3-4,7-8,17-18,20H,1-2,5-6,9-16,19H2,(H,30,35). The first-order valence-electron chi connectivity index (χ1n) is 13.6. The summed E-state index contributed by atoms with van der Waals surface area (Å²) in [7, 11) is 0. The average molecular weight is 556 g/mol. The summed E-state index contributed by atoms with van der Waals surface area (Å²) in [5.74, 6) is 0.440. The molecule has 0 aromatic heterocycles.